The molecule has 0 bridgehead atoms. The summed E-state index contributed by atoms with van der Waals surface area (Å²) in [6, 6.07) is 2.06. The molecule has 20 heavy (non-hydrogen) atoms. The fourth-order valence-corrected chi connectivity index (χ4v) is 2.94. The molecule has 0 spiro atoms. The second-order valence-corrected chi connectivity index (χ2v) is 5.77. The van der Waals surface area contributed by atoms with Crippen LogP contribution in [0, 0.1) is 23.5 Å². The first-order chi connectivity index (χ1) is 9.38. The van der Waals surface area contributed by atoms with Crippen molar-refractivity contribution in [2.45, 2.75) is 39.2 Å². The zero-order valence-corrected chi connectivity index (χ0v) is 11.7. The molecule has 5 heteroatoms. The van der Waals surface area contributed by atoms with Crippen molar-refractivity contribution in [2.75, 3.05) is 5.73 Å². The molecular formula is C15H19F2NO2. The first kappa shape index (κ1) is 14.8. The number of carbonyl (C=O) groups excluding carboxylic acids is 1. The van der Waals surface area contributed by atoms with Gasteiger partial charge in [-0.3, -0.25) is 0 Å². The van der Waals surface area contributed by atoms with E-state index in [4.69, 9.17) is 10.5 Å². The predicted molar refractivity (Wildman–Crippen MR) is 72.2 cm³/mol. The molecule has 0 amide bonds. The maximum absolute atomic E-state index is 13.8. The lowest BCUT2D eigenvalue weighted by Gasteiger charge is -2.31. The van der Waals surface area contributed by atoms with Gasteiger partial charge in [-0.1, -0.05) is 13.8 Å². The third-order valence-corrected chi connectivity index (χ3v) is 3.73. The number of nitrogens with two attached hydrogens (primary N) is 1. The molecule has 3 nitrogen and oxygen atoms in total. The summed E-state index contributed by atoms with van der Waals surface area (Å²) in [5.41, 5.74) is 4.40. The number of esters is 1. The molecule has 0 heterocycles. The standard InChI is InChI=1S/C15H19F2NO2/c1-8-5-9(2)7-10(6-8)20-15(19)13-11(16)3-4-12(18)14(13)17/h3-4,8-10H,5-7,18H2,1-2H3. The van der Waals surface area contributed by atoms with Gasteiger partial charge in [-0.2, -0.15) is 0 Å². The van der Waals surface area contributed by atoms with E-state index in [9.17, 15) is 13.6 Å². The highest BCUT2D eigenvalue weighted by atomic mass is 19.1. The van der Waals surface area contributed by atoms with E-state index in [0.717, 1.165) is 31.4 Å². The zero-order chi connectivity index (χ0) is 14.9. The molecule has 1 aromatic carbocycles. The zero-order valence-electron chi connectivity index (χ0n) is 11.7. The summed E-state index contributed by atoms with van der Waals surface area (Å²) in [6.07, 6.45) is 2.24. The minimum Gasteiger partial charge on any atom is -0.459 e. The van der Waals surface area contributed by atoms with Crippen molar-refractivity contribution >= 4 is 11.7 Å². The van der Waals surface area contributed by atoms with Crippen LogP contribution < -0.4 is 5.73 Å². The van der Waals surface area contributed by atoms with E-state index < -0.39 is 23.2 Å². The number of rotatable bonds is 2. The Kier molecular flexibility index (Phi) is 4.26. The van der Waals surface area contributed by atoms with E-state index in [0.29, 0.717) is 11.8 Å². The summed E-state index contributed by atoms with van der Waals surface area (Å²) in [4.78, 5) is 12.0. The average Bonchev–Trinajstić information content (AvgIpc) is 2.33. The van der Waals surface area contributed by atoms with Gasteiger partial charge in [0.25, 0.3) is 0 Å². The Morgan fingerprint density at radius 2 is 1.80 bits per heavy atom. The molecule has 0 aromatic heterocycles. The lowest BCUT2D eigenvalue weighted by Crippen LogP contribution is -2.29. The molecule has 1 fully saturated rings. The van der Waals surface area contributed by atoms with Gasteiger partial charge in [-0.05, 0) is 43.2 Å². The fourth-order valence-electron chi connectivity index (χ4n) is 2.94. The van der Waals surface area contributed by atoms with Crippen molar-refractivity contribution < 1.29 is 18.3 Å². The SMILES string of the molecule is CC1CC(C)CC(OC(=O)c2c(F)ccc(N)c2F)C1. The number of halogens is 2. The van der Waals surface area contributed by atoms with Crippen LogP contribution >= 0.6 is 0 Å². The van der Waals surface area contributed by atoms with Gasteiger partial charge in [0.1, 0.15) is 17.5 Å². The minimum absolute atomic E-state index is 0.260. The Morgan fingerprint density at radius 1 is 1.20 bits per heavy atom. The topological polar surface area (TPSA) is 52.3 Å². The number of benzene rings is 1. The van der Waals surface area contributed by atoms with E-state index in [1.54, 1.807) is 0 Å². The summed E-state index contributed by atoms with van der Waals surface area (Å²) >= 11 is 0. The maximum atomic E-state index is 13.8. The van der Waals surface area contributed by atoms with Crippen LogP contribution in [-0.4, -0.2) is 12.1 Å². The molecule has 0 saturated heterocycles. The van der Waals surface area contributed by atoms with Gasteiger partial charge in [0.2, 0.25) is 0 Å². The van der Waals surface area contributed by atoms with E-state index in [1.165, 1.54) is 0 Å². The molecule has 2 N–H and O–H groups in total. The molecule has 1 aliphatic carbocycles. The normalized spacial score (nSPS) is 26.3. The molecule has 1 saturated carbocycles. The highest BCUT2D eigenvalue weighted by molar-refractivity contribution is 5.91. The van der Waals surface area contributed by atoms with Crippen LogP contribution in [0.15, 0.2) is 12.1 Å². The molecule has 0 radical (unpaired) electrons. The molecular weight excluding hydrogens is 264 g/mol. The van der Waals surface area contributed by atoms with Crippen LogP contribution in [0.3, 0.4) is 0 Å². The van der Waals surface area contributed by atoms with E-state index in [2.05, 4.69) is 13.8 Å². The van der Waals surface area contributed by atoms with Gasteiger partial charge in [-0.25, -0.2) is 13.6 Å². The van der Waals surface area contributed by atoms with Crippen molar-refractivity contribution in [2.24, 2.45) is 11.8 Å². The Balaban J connectivity index is 2.14. The second kappa shape index (κ2) is 5.77. The van der Waals surface area contributed by atoms with E-state index in [-0.39, 0.29) is 11.8 Å². The quantitative estimate of drug-likeness (QED) is 0.667. The molecule has 2 atom stereocenters. The third kappa shape index (κ3) is 3.08. The molecule has 0 aliphatic heterocycles. The number of hydrogen-bond donors (Lipinski definition) is 1. The average molecular weight is 283 g/mol. The van der Waals surface area contributed by atoms with Gasteiger partial charge in [0.05, 0.1) is 5.69 Å². The smallest absolute Gasteiger partial charge is 0.344 e. The van der Waals surface area contributed by atoms with Gasteiger partial charge in [-0.15, -0.1) is 0 Å². The Labute approximate surface area is 117 Å². The second-order valence-electron chi connectivity index (χ2n) is 5.77. The van der Waals surface area contributed by atoms with Gasteiger partial charge in [0, 0.05) is 0 Å². The van der Waals surface area contributed by atoms with Crippen molar-refractivity contribution in [3.63, 3.8) is 0 Å². The number of anilines is 1. The van der Waals surface area contributed by atoms with Crippen LogP contribution in [0.2, 0.25) is 0 Å². The molecule has 1 aromatic rings. The molecule has 1 aliphatic rings. The summed E-state index contributed by atoms with van der Waals surface area (Å²) in [7, 11) is 0. The van der Waals surface area contributed by atoms with Crippen LogP contribution in [0.4, 0.5) is 14.5 Å². The lowest BCUT2D eigenvalue weighted by molar-refractivity contribution is 0.00716. The monoisotopic (exact) mass is 283 g/mol. The van der Waals surface area contributed by atoms with Crippen molar-refractivity contribution in [3.8, 4) is 0 Å². The van der Waals surface area contributed by atoms with Crippen LogP contribution in [0.5, 0.6) is 0 Å². The maximum Gasteiger partial charge on any atom is 0.344 e. The van der Waals surface area contributed by atoms with E-state index >= 15 is 0 Å². The van der Waals surface area contributed by atoms with Crippen molar-refractivity contribution in [1.82, 2.24) is 0 Å². The molecule has 2 rings (SSSR count). The molecule has 110 valence electrons. The summed E-state index contributed by atoms with van der Waals surface area (Å²) in [5, 5.41) is 0. The number of hydrogen-bond acceptors (Lipinski definition) is 3. The number of carbonyl (C=O) groups is 1. The Bertz CT molecular complexity index is 509. The van der Waals surface area contributed by atoms with Crippen LogP contribution in [0.1, 0.15) is 43.5 Å². The summed E-state index contributed by atoms with van der Waals surface area (Å²) in [6.45, 7) is 4.16. The highest BCUT2D eigenvalue weighted by Gasteiger charge is 2.29. The van der Waals surface area contributed by atoms with Crippen molar-refractivity contribution in [3.05, 3.63) is 29.3 Å². The van der Waals surface area contributed by atoms with Crippen LogP contribution in [-0.2, 0) is 4.74 Å². The third-order valence-electron chi connectivity index (χ3n) is 3.73. The van der Waals surface area contributed by atoms with Gasteiger partial charge >= 0.3 is 5.97 Å². The number of nitrogen functional groups attached to an aromatic ring is 1. The minimum atomic E-state index is -1.05. The van der Waals surface area contributed by atoms with E-state index in [1.807, 2.05) is 0 Å². The fraction of sp³-hybridized carbons (Fsp3) is 0.533. The largest absolute Gasteiger partial charge is 0.459 e. The summed E-state index contributed by atoms with van der Waals surface area (Å²) < 4.78 is 32.6. The van der Waals surface area contributed by atoms with Crippen molar-refractivity contribution in [1.29, 1.82) is 0 Å². The van der Waals surface area contributed by atoms with Crippen LogP contribution in [0.25, 0.3) is 0 Å². The first-order valence-electron chi connectivity index (χ1n) is 6.83. The Morgan fingerprint density at radius 3 is 2.40 bits per heavy atom. The number of ether oxygens (including phenoxy) is 1. The van der Waals surface area contributed by atoms with Gasteiger partial charge < -0.3 is 10.5 Å². The Hall–Kier alpha value is -1.65. The first-order valence-corrected chi connectivity index (χ1v) is 6.83. The highest BCUT2D eigenvalue weighted by Crippen LogP contribution is 2.31. The summed E-state index contributed by atoms with van der Waals surface area (Å²) in [5.74, 6) is -2.09. The van der Waals surface area contributed by atoms with Gasteiger partial charge in [0.15, 0.2) is 5.82 Å². The lowest BCUT2D eigenvalue weighted by atomic mass is 9.82. The molecule has 2 unspecified atom stereocenters. The predicted octanol–water partition coefficient (Wildman–Crippen LogP) is 3.53.